The first-order chi connectivity index (χ1) is 15.2. The van der Waals surface area contributed by atoms with E-state index in [0.29, 0.717) is 10.8 Å². The normalized spacial score (nSPS) is 10.8. The van der Waals surface area contributed by atoms with E-state index < -0.39 is 29.0 Å². The largest absolute Gasteiger partial charge is 0.427 e. The third kappa shape index (κ3) is 4.04. The van der Waals surface area contributed by atoms with Crippen LogP contribution in [-0.2, 0) is 9.59 Å². The molecule has 4 rings (SSSR count). The lowest BCUT2D eigenvalue weighted by Crippen LogP contribution is -2.20. The number of hydrogen-bond donors (Lipinski definition) is 0. The van der Waals surface area contributed by atoms with Crippen LogP contribution in [-0.4, -0.2) is 17.7 Å². The molecule has 0 spiro atoms. The van der Waals surface area contributed by atoms with E-state index in [9.17, 15) is 24.0 Å². The summed E-state index contributed by atoms with van der Waals surface area (Å²) >= 11 is 0. The molecule has 0 saturated heterocycles. The molecule has 2 aromatic heterocycles. The fraction of sp³-hybridized carbons (Fsp3) is 0.0870. The van der Waals surface area contributed by atoms with Crippen LogP contribution in [0.1, 0.15) is 29.8 Å². The molecule has 2 heterocycles. The van der Waals surface area contributed by atoms with Crippen molar-refractivity contribution in [2.75, 3.05) is 0 Å². The summed E-state index contributed by atoms with van der Waals surface area (Å²) in [4.78, 5) is 60.0. The SMILES string of the molecule is CC(=O)Oc1ccc2cc(C(=O)c3cc4ccc(OC(C)=O)cc4oc3=O)c(=O)oc2c1. The summed E-state index contributed by atoms with van der Waals surface area (Å²) < 4.78 is 20.3. The van der Waals surface area contributed by atoms with E-state index in [2.05, 4.69) is 0 Å². The third-order valence-corrected chi connectivity index (χ3v) is 4.43. The van der Waals surface area contributed by atoms with Crippen LogP contribution in [0.25, 0.3) is 21.9 Å². The molecular formula is C23H14O9. The zero-order chi connectivity index (χ0) is 23.0. The van der Waals surface area contributed by atoms with Crippen LogP contribution in [0.2, 0.25) is 0 Å². The highest BCUT2D eigenvalue weighted by atomic mass is 16.5. The minimum Gasteiger partial charge on any atom is -0.427 e. The highest BCUT2D eigenvalue weighted by Crippen LogP contribution is 2.23. The molecule has 0 aliphatic heterocycles. The number of ketones is 1. The Labute approximate surface area is 178 Å². The second kappa shape index (κ2) is 7.95. The highest BCUT2D eigenvalue weighted by Gasteiger charge is 2.21. The van der Waals surface area contributed by atoms with Gasteiger partial charge in [0.05, 0.1) is 0 Å². The minimum atomic E-state index is -0.966. The van der Waals surface area contributed by atoms with E-state index in [1.54, 1.807) is 0 Å². The molecule has 0 saturated carbocycles. The van der Waals surface area contributed by atoms with Crippen molar-refractivity contribution < 1.29 is 32.7 Å². The van der Waals surface area contributed by atoms with Crippen molar-refractivity contribution in [2.45, 2.75) is 13.8 Å². The molecule has 2 aromatic carbocycles. The maximum absolute atomic E-state index is 12.9. The van der Waals surface area contributed by atoms with Gasteiger partial charge in [0.25, 0.3) is 0 Å². The Hall–Kier alpha value is -4.53. The van der Waals surface area contributed by atoms with Crippen molar-refractivity contribution in [3.05, 3.63) is 80.5 Å². The summed E-state index contributed by atoms with van der Waals surface area (Å²) in [6.07, 6.45) is 0. The predicted octanol–water partition coefficient (Wildman–Crippen LogP) is 2.98. The topological polar surface area (TPSA) is 130 Å². The van der Waals surface area contributed by atoms with Gasteiger partial charge in [-0.15, -0.1) is 0 Å². The Bertz CT molecular complexity index is 1420. The quantitative estimate of drug-likeness (QED) is 0.206. The highest BCUT2D eigenvalue weighted by molar-refractivity contribution is 6.10. The lowest BCUT2D eigenvalue weighted by atomic mass is 10.0. The molecule has 0 atom stereocenters. The number of carbonyl (C=O) groups is 3. The van der Waals surface area contributed by atoms with Gasteiger partial charge in [-0.25, -0.2) is 9.59 Å². The number of esters is 2. The molecule has 160 valence electrons. The molecule has 0 aliphatic carbocycles. The second-order valence-electron chi connectivity index (χ2n) is 6.81. The van der Waals surface area contributed by atoms with Crippen LogP contribution in [0.5, 0.6) is 11.5 Å². The fourth-order valence-corrected chi connectivity index (χ4v) is 3.10. The molecular weight excluding hydrogens is 420 g/mol. The number of ether oxygens (including phenoxy) is 2. The fourth-order valence-electron chi connectivity index (χ4n) is 3.10. The Balaban J connectivity index is 1.76. The summed E-state index contributed by atoms with van der Waals surface area (Å²) in [5, 5.41) is 0.778. The molecule has 0 aliphatic rings. The van der Waals surface area contributed by atoms with Crippen LogP contribution in [0.15, 0.2) is 67.0 Å². The van der Waals surface area contributed by atoms with Crippen LogP contribution in [0, 0.1) is 0 Å². The monoisotopic (exact) mass is 434 g/mol. The van der Waals surface area contributed by atoms with E-state index in [4.69, 9.17) is 18.3 Å². The van der Waals surface area contributed by atoms with Gasteiger partial charge in [-0.2, -0.15) is 0 Å². The van der Waals surface area contributed by atoms with E-state index in [1.807, 2.05) is 0 Å². The van der Waals surface area contributed by atoms with Gasteiger partial charge in [0.2, 0.25) is 5.78 Å². The lowest BCUT2D eigenvalue weighted by molar-refractivity contribution is -0.132. The van der Waals surface area contributed by atoms with Crippen molar-refractivity contribution in [3.8, 4) is 11.5 Å². The predicted molar refractivity (Wildman–Crippen MR) is 111 cm³/mol. The number of rotatable bonds is 4. The lowest BCUT2D eigenvalue weighted by Gasteiger charge is -2.06. The maximum Gasteiger partial charge on any atom is 0.347 e. The van der Waals surface area contributed by atoms with Gasteiger partial charge in [0.1, 0.15) is 33.8 Å². The van der Waals surface area contributed by atoms with Gasteiger partial charge >= 0.3 is 23.2 Å². The molecule has 0 unspecified atom stereocenters. The summed E-state index contributed by atoms with van der Waals surface area (Å²) in [5.74, 6) is -1.60. The molecule has 0 N–H and O–H groups in total. The van der Waals surface area contributed by atoms with Gasteiger partial charge in [0, 0.05) is 36.8 Å². The van der Waals surface area contributed by atoms with Crippen molar-refractivity contribution in [1.82, 2.24) is 0 Å². The first kappa shape index (κ1) is 20.7. The van der Waals surface area contributed by atoms with Gasteiger partial charge in [-0.1, -0.05) is 0 Å². The van der Waals surface area contributed by atoms with E-state index in [1.165, 1.54) is 62.4 Å². The molecule has 0 amide bonds. The van der Waals surface area contributed by atoms with Crippen molar-refractivity contribution in [1.29, 1.82) is 0 Å². The standard InChI is InChI=1S/C23H14O9/c1-11(24)29-15-5-3-13-7-17(22(27)31-19(13)9-15)21(26)18-8-14-4-6-16(30-12(2)25)10-20(14)32-23(18)28/h3-10H,1-2H3. The number of benzene rings is 2. The average Bonchev–Trinajstić information content (AvgIpc) is 2.71. The molecule has 4 aromatic rings. The Morgan fingerprint density at radius 3 is 1.44 bits per heavy atom. The van der Waals surface area contributed by atoms with Gasteiger partial charge in [0.15, 0.2) is 0 Å². The van der Waals surface area contributed by atoms with E-state index in [-0.39, 0.29) is 33.8 Å². The van der Waals surface area contributed by atoms with Crippen LogP contribution in [0.3, 0.4) is 0 Å². The molecule has 32 heavy (non-hydrogen) atoms. The molecule has 9 nitrogen and oxygen atoms in total. The molecule has 0 bridgehead atoms. The van der Waals surface area contributed by atoms with Gasteiger partial charge < -0.3 is 18.3 Å². The Morgan fingerprint density at radius 1 is 0.656 bits per heavy atom. The summed E-state index contributed by atoms with van der Waals surface area (Å²) in [6, 6.07) is 11.2. The average molecular weight is 434 g/mol. The van der Waals surface area contributed by atoms with Gasteiger partial charge in [-0.3, -0.25) is 14.4 Å². The maximum atomic E-state index is 12.9. The summed E-state index contributed by atoms with van der Waals surface area (Å²) in [5.41, 5.74) is -2.44. The third-order valence-electron chi connectivity index (χ3n) is 4.43. The Morgan fingerprint density at radius 2 is 1.06 bits per heavy atom. The molecule has 0 fully saturated rings. The molecule has 0 radical (unpaired) electrons. The first-order valence-corrected chi connectivity index (χ1v) is 9.28. The first-order valence-electron chi connectivity index (χ1n) is 9.28. The molecule has 9 heteroatoms. The number of carbonyl (C=O) groups excluding carboxylic acids is 3. The zero-order valence-corrected chi connectivity index (χ0v) is 16.8. The number of fused-ring (bicyclic) bond motifs is 2. The van der Waals surface area contributed by atoms with Crippen molar-refractivity contribution >= 4 is 39.7 Å². The van der Waals surface area contributed by atoms with Crippen LogP contribution in [0.4, 0.5) is 0 Å². The summed E-state index contributed by atoms with van der Waals surface area (Å²) in [6.45, 7) is 2.46. The minimum absolute atomic E-state index is 0.105. The van der Waals surface area contributed by atoms with Crippen LogP contribution >= 0.6 is 0 Å². The van der Waals surface area contributed by atoms with Gasteiger partial charge in [-0.05, 0) is 36.4 Å². The zero-order valence-electron chi connectivity index (χ0n) is 16.8. The van der Waals surface area contributed by atoms with Crippen LogP contribution < -0.4 is 20.7 Å². The van der Waals surface area contributed by atoms with Crippen molar-refractivity contribution in [3.63, 3.8) is 0 Å². The number of hydrogen-bond acceptors (Lipinski definition) is 9. The van der Waals surface area contributed by atoms with E-state index >= 15 is 0 Å². The Kier molecular flexibility index (Phi) is 5.15. The van der Waals surface area contributed by atoms with Crippen molar-refractivity contribution in [2.24, 2.45) is 0 Å². The summed E-state index contributed by atoms with van der Waals surface area (Å²) in [7, 11) is 0. The smallest absolute Gasteiger partial charge is 0.347 e. The van der Waals surface area contributed by atoms with E-state index in [0.717, 1.165) is 0 Å². The second-order valence-corrected chi connectivity index (χ2v) is 6.81.